The van der Waals surface area contributed by atoms with Gasteiger partial charge in [-0.1, -0.05) is 84.5 Å². The largest absolute Gasteiger partial charge is 0.455 e. The molecular weight excluding hydrogens is 300 g/mol. The number of hydrogen-bond acceptors (Lipinski definition) is 1. The van der Waals surface area contributed by atoms with Crippen molar-refractivity contribution in [3.63, 3.8) is 0 Å². The van der Waals surface area contributed by atoms with Gasteiger partial charge in [-0.15, -0.1) is 0 Å². The van der Waals surface area contributed by atoms with Crippen LogP contribution in [0.4, 0.5) is 0 Å². The molecule has 0 saturated carbocycles. The Balaban J connectivity index is 3.67. The smallest absolute Gasteiger partial charge is 0.173 e. The summed E-state index contributed by atoms with van der Waals surface area (Å²) in [5, 5.41) is 0. The highest BCUT2D eigenvalue weighted by molar-refractivity contribution is 6.84. The van der Waals surface area contributed by atoms with Crippen molar-refractivity contribution in [1.29, 1.82) is 0 Å². The van der Waals surface area contributed by atoms with Crippen molar-refractivity contribution < 1.29 is 4.12 Å². The van der Waals surface area contributed by atoms with Crippen molar-refractivity contribution in [1.82, 2.24) is 0 Å². The molecule has 0 radical (unpaired) electrons. The molecular formula is C19H44OSi2. The molecule has 0 bridgehead atoms. The zero-order valence-corrected chi connectivity index (χ0v) is 18.6. The molecule has 0 aromatic carbocycles. The van der Waals surface area contributed by atoms with Crippen molar-refractivity contribution in [2.75, 3.05) is 0 Å². The average Bonchev–Trinajstić information content (AvgIpc) is 2.42. The van der Waals surface area contributed by atoms with E-state index in [1.165, 1.54) is 82.7 Å². The van der Waals surface area contributed by atoms with E-state index >= 15 is 0 Å². The Morgan fingerprint density at radius 3 is 1.32 bits per heavy atom. The molecule has 0 aliphatic rings. The van der Waals surface area contributed by atoms with E-state index in [0.717, 1.165) is 0 Å². The molecule has 0 spiro atoms. The monoisotopic (exact) mass is 344 g/mol. The molecule has 0 N–H and O–H groups in total. The maximum atomic E-state index is 6.68. The van der Waals surface area contributed by atoms with Crippen LogP contribution in [0.2, 0.25) is 38.3 Å². The summed E-state index contributed by atoms with van der Waals surface area (Å²) in [6.07, 6.45) is 15.5. The summed E-state index contributed by atoms with van der Waals surface area (Å²) < 4.78 is 6.68. The van der Waals surface area contributed by atoms with Crippen molar-refractivity contribution in [2.24, 2.45) is 0 Å². The molecule has 0 rings (SSSR count). The Morgan fingerprint density at radius 2 is 0.864 bits per heavy atom. The maximum absolute atomic E-state index is 6.68. The van der Waals surface area contributed by atoms with Crippen LogP contribution in [0.1, 0.15) is 84.5 Å². The van der Waals surface area contributed by atoms with Crippen LogP contribution in [0, 0.1) is 0 Å². The maximum Gasteiger partial charge on any atom is 0.173 e. The molecule has 0 amide bonds. The summed E-state index contributed by atoms with van der Waals surface area (Å²) in [5.41, 5.74) is 0. The Hall–Kier alpha value is 0.394. The second kappa shape index (κ2) is 12.8. The lowest BCUT2D eigenvalue weighted by Crippen LogP contribution is -2.44. The highest BCUT2D eigenvalue weighted by Crippen LogP contribution is 2.25. The first kappa shape index (κ1) is 22.4. The zero-order valence-electron chi connectivity index (χ0n) is 16.6. The molecule has 0 unspecified atom stereocenters. The number of hydrogen-bond donors (Lipinski definition) is 0. The van der Waals surface area contributed by atoms with Crippen LogP contribution >= 0.6 is 0 Å². The summed E-state index contributed by atoms with van der Waals surface area (Å²) in [7, 11) is -2.81. The lowest BCUT2D eigenvalue weighted by Gasteiger charge is -2.34. The van der Waals surface area contributed by atoms with Crippen LogP contribution in [0.25, 0.3) is 0 Å². The summed E-state index contributed by atoms with van der Waals surface area (Å²) in [6.45, 7) is 14.3. The molecule has 22 heavy (non-hydrogen) atoms. The summed E-state index contributed by atoms with van der Waals surface area (Å²) in [4.78, 5) is 0. The topological polar surface area (TPSA) is 9.23 Å². The zero-order chi connectivity index (χ0) is 16.9. The van der Waals surface area contributed by atoms with E-state index in [4.69, 9.17) is 4.12 Å². The number of unbranched alkanes of at least 4 members (excludes halogenated alkanes) is 9. The fraction of sp³-hybridized carbons (Fsp3) is 1.00. The summed E-state index contributed by atoms with van der Waals surface area (Å²) in [5.74, 6) is 0. The van der Waals surface area contributed by atoms with Crippen LogP contribution in [0.5, 0.6) is 0 Å². The van der Waals surface area contributed by atoms with Crippen LogP contribution < -0.4 is 0 Å². The first-order valence-electron chi connectivity index (χ1n) is 10.0. The predicted molar refractivity (Wildman–Crippen MR) is 108 cm³/mol. The summed E-state index contributed by atoms with van der Waals surface area (Å²) in [6, 6.07) is 2.71. The van der Waals surface area contributed by atoms with Crippen molar-refractivity contribution in [3.05, 3.63) is 0 Å². The van der Waals surface area contributed by atoms with Gasteiger partial charge in [-0.05, 0) is 38.3 Å². The molecule has 134 valence electrons. The quantitative estimate of drug-likeness (QED) is 0.218. The van der Waals surface area contributed by atoms with Crippen molar-refractivity contribution in [2.45, 2.75) is 123 Å². The molecule has 3 heteroatoms. The second-order valence-electron chi connectivity index (χ2n) is 8.30. The van der Waals surface area contributed by atoms with E-state index in [1.54, 1.807) is 0 Å². The third kappa shape index (κ3) is 14.0. The normalized spacial score (nSPS) is 12.8. The first-order valence-corrected chi connectivity index (χ1v) is 16.3. The van der Waals surface area contributed by atoms with E-state index in [2.05, 4.69) is 40.0 Å². The molecule has 0 aliphatic carbocycles. The molecule has 0 aromatic heterocycles. The van der Waals surface area contributed by atoms with Crippen LogP contribution in [-0.4, -0.2) is 16.6 Å². The van der Waals surface area contributed by atoms with Gasteiger partial charge in [0.15, 0.2) is 16.6 Å². The predicted octanol–water partition coefficient (Wildman–Crippen LogP) is 7.74. The Labute approximate surface area is 143 Å². The van der Waals surface area contributed by atoms with Gasteiger partial charge in [0.1, 0.15) is 0 Å². The van der Waals surface area contributed by atoms with Gasteiger partial charge in [0.25, 0.3) is 0 Å². The lowest BCUT2D eigenvalue weighted by atomic mass is 10.1. The fourth-order valence-electron chi connectivity index (χ4n) is 3.31. The van der Waals surface area contributed by atoms with E-state index in [-0.39, 0.29) is 0 Å². The van der Waals surface area contributed by atoms with Crippen LogP contribution in [0.3, 0.4) is 0 Å². The SMILES string of the molecule is CCCCCCCCCCC[Si](C)(C)O[Si](C)(C)CCCC. The Morgan fingerprint density at radius 1 is 0.500 bits per heavy atom. The second-order valence-corrected chi connectivity index (χ2v) is 17.2. The van der Waals surface area contributed by atoms with E-state index in [0.29, 0.717) is 0 Å². The van der Waals surface area contributed by atoms with E-state index in [1.807, 2.05) is 0 Å². The van der Waals surface area contributed by atoms with Crippen molar-refractivity contribution in [3.8, 4) is 0 Å². The average molecular weight is 345 g/mol. The van der Waals surface area contributed by atoms with E-state index < -0.39 is 16.6 Å². The highest BCUT2D eigenvalue weighted by Gasteiger charge is 2.31. The Bertz CT molecular complexity index is 252. The van der Waals surface area contributed by atoms with Gasteiger partial charge >= 0.3 is 0 Å². The summed E-state index contributed by atoms with van der Waals surface area (Å²) >= 11 is 0. The highest BCUT2D eigenvalue weighted by atomic mass is 28.4. The standard InChI is InChI=1S/C19H44OSi2/c1-7-9-11-12-13-14-15-16-17-19-22(5,6)20-21(3,4)18-10-8-2/h7-19H2,1-6H3. The molecule has 0 aromatic rings. The molecule has 1 nitrogen and oxygen atoms in total. The number of rotatable bonds is 15. The lowest BCUT2D eigenvalue weighted by molar-refractivity contribution is 0.521. The first-order chi connectivity index (χ1) is 10.3. The minimum absolute atomic E-state index is 1.31. The van der Waals surface area contributed by atoms with Gasteiger partial charge in [0.05, 0.1) is 0 Å². The van der Waals surface area contributed by atoms with Gasteiger partial charge in [0, 0.05) is 0 Å². The van der Waals surface area contributed by atoms with Crippen LogP contribution in [0.15, 0.2) is 0 Å². The minimum Gasteiger partial charge on any atom is -0.455 e. The van der Waals surface area contributed by atoms with Crippen molar-refractivity contribution >= 4 is 16.6 Å². The molecule has 0 fully saturated rings. The van der Waals surface area contributed by atoms with Gasteiger partial charge < -0.3 is 4.12 Å². The van der Waals surface area contributed by atoms with E-state index in [9.17, 15) is 0 Å². The van der Waals surface area contributed by atoms with Gasteiger partial charge in [-0.25, -0.2) is 0 Å². The van der Waals surface area contributed by atoms with Gasteiger partial charge in [0.2, 0.25) is 0 Å². The molecule has 0 atom stereocenters. The Kier molecular flexibility index (Phi) is 13.0. The van der Waals surface area contributed by atoms with Gasteiger partial charge in [-0.3, -0.25) is 0 Å². The molecule has 0 aliphatic heterocycles. The molecule has 0 saturated heterocycles. The fourth-order valence-corrected chi connectivity index (χ4v) is 12.4. The van der Waals surface area contributed by atoms with Gasteiger partial charge in [-0.2, -0.15) is 0 Å². The van der Waals surface area contributed by atoms with Crippen LogP contribution in [-0.2, 0) is 4.12 Å². The third-order valence-corrected chi connectivity index (χ3v) is 12.1. The minimum atomic E-state index is -1.41. The third-order valence-electron chi connectivity index (χ3n) is 4.57. The molecule has 0 heterocycles.